The Morgan fingerprint density at radius 3 is 2.42 bits per heavy atom. The number of fused-ring (bicyclic) bond motifs is 1. The summed E-state index contributed by atoms with van der Waals surface area (Å²) in [5.41, 5.74) is -1.46. The first-order valence-electron chi connectivity index (χ1n) is 9.42. The number of sulfone groups is 1. The van der Waals surface area contributed by atoms with E-state index in [-0.39, 0.29) is 18.4 Å². The van der Waals surface area contributed by atoms with Gasteiger partial charge in [-0.3, -0.25) is 0 Å². The second kappa shape index (κ2) is 6.99. The molecule has 1 aliphatic rings. The van der Waals surface area contributed by atoms with Gasteiger partial charge in [0.2, 0.25) is 4.96 Å². The van der Waals surface area contributed by atoms with Gasteiger partial charge < -0.3 is 10.2 Å². The van der Waals surface area contributed by atoms with Gasteiger partial charge in [-0.1, -0.05) is 17.4 Å². The van der Waals surface area contributed by atoms with Crippen LogP contribution in [-0.4, -0.2) is 44.6 Å². The predicted octanol–water partition coefficient (Wildman–Crippen LogP) is 3.31. The number of aromatic nitrogens is 3. The smallest absolute Gasteiger partial charge is 0.393 e. The normalized spacial score (nSPS) is 20.3. The third kappa shape index (κ3) is 3.75. The molecule has 1 saturated carbocycles. The number of alkyl halides is 3. The first kappa shape index (κ1) is 22.2. The Balaban J connectivity index is 1.91. The summed E-state index contributed by atoms with van der Waals surface area (Å²) in [5, 5.41) is 23.3. The molecule has 1 fully saturated rings. The molecule has 0 atom stereocenters. The van der Waals surface area contributed by atoms with Crippen molar-refractivity contribution >= 4 is 26.1 Å². The number of rotatable bonds is 4. The topological polar surface area (TPSA) is 105 Å². The second-order valence-corrected chi connectivity index (χ2v) is 11.4. The fourth-order valence-corrected chi connectivity index (χ4v) is 6.58. The minimum Gasteiger partial charge on any atom is -0.393 e. The number of benzene rings is 1. The summed E-state index contributed by atoms with van der Waals surface area (Å²) in [6, 6.07) is 2.94. The standard InChI is InChI=1S/C19H20F3N3O4S2/c1-9-15(25-17(23-9)30-16(24-25)18(2,3)27)10-4-5-13(19(20,21)22)14(6-10)31(28,29)12-7-11(26)8-12/h4-6,11-12,26-27H,7-8H2,1-3H3/t11-,12+. The van der Waals surface area contributed by atoms with E-state index in [1.165, 1.54) is 10.6 Å². The molecule has 2 heterocycles. The van der Waals surface area contributed by atoms with Gasteiger partial charge in [0.25, 0.3) is 0 Å². The van der Waals surface area contributed by atoms with Crippen LogP contribution < -0.4 is 0 Å². The van der Waals surface area contributed by atoms with Crippen molar-refractivity contribution in [1.82, 2.24) is 14.6 Å². The largest absolute Gasteiger partial charge is 0.417 e. The fourth-order valence-electron chi connectivity index (χ4n) is 3.54. The van der Waals surface area contributed by atoms with Crippen LogP contribution in [-0.2, 0) is 21.6 Å². The molecule has 31 heavy (non-hydrogen) atoms. The minimum absolute atomic E-state index is 0.0964. The van der Waals surface area contributed by atoms with Gasteiger partial charge in [0.15, 0.2) is 9.84 Å². The van der Waals surface area contributed by atoms with Gasteiger partial charge in [-0.2, -0.15) is 18.3 Å². The van der Waals surface area contributed by atoms with Gasteiger partial charge in [-0.25, -0.2) is 17.9 Å². The summed E-state index contributed by atoms with van der Waals surface area (Å²) in [5.74, 6) is 0. The van der Waals surface area contributed by atoms with Crippen LogP contribution in [0.25, 0.3) is 16.2 Å². The van der Waals surface area contributed by atoms with E-state index in [1.54, 1.807) is 20.8 Å². The van der Waals surface area contributed by atoms with Gasteiger partial charge in [-0.05, 0) is 45.7 Å². The first-order chi connectivity index (χ1) is 14.2. The van der Waals surface area contributed by atoms with Crippen molar-refractivity contribution in [3.8, 4) is 11.3 Å². The van der Waals surface area contributed by atoms with Crippen molar-refractivity contribution in [2.45, 2.75) is 61.6 Å². The maximum atomic E-state index is 13.6. The number of aliphatic hydroxyl groups excluding tert-OH is 1. The number of halogens is 3. The Kier molecular flexibility index (Phi) is 5.00. The van der Waals surface area contributed by atoms with Crippen molar-refractivity contribution in [1.29, 1.82) is 0 Å². The molecule has 3 aromatic rings. The molecule has 1 aromatic carbocycles. The van der Waals surface area contributed by atoms with Gasteiger partial charge >= 0.3 is 6.18 Å². The summed E-state index contributed by atoms with van der Waals surface area (Å²) in [7, 11) is -4.31. The van der Waals surface area contributed by atoms with Gasteiger partial charge in [0.1, 0.15) is 10.6 Å². The van der Waals surface area contributed by atoms with Crippen LogP contribution in [0.2, 0.25) is 0 Å². The molecular weight excluding hydrogens is 455 g/mol. The predicted molar refractivity (Wildman–Crippen MR) is 107 cm³/mol. The number of aliphatic hydroxyl groups is 2. The van der Waals surface area contributed by atoms with E-state index in [4.69, 9.17) is 0 Å². The lowest BCUT2D eigenvalue weighted by atomic mass is 9.96. The minimum atomic E-state index is -4.86. The Labute approximate surface area is 180 Å². The Bertz CT molecular complexity index is 1270. The lowest BCUT2D eigenvalue weighted by Gasteiger charge is -2.31. The number of hydrogen-bond acceptors (Lipinski definition) is 7. The third-order valence-electron chi connectivity index (χ3n) is 5.28. The van der Waals surface area contributed by atoms with Crippen LogP contribution in [0.15, 0.2) is 23.1 Å². The highest BCUT2D eigenvalue weighted by Gasteiger charge is 2.44. The highest BCUT2D eigenvalue weighted by molar-refractivity contribution is 7.92. The summed E-state index contributed by atoms with van der Waals surface area (Å²) >= 11 is 1.13. The number of imidazole rings is 1. The van der Waals surface area contributed by atoms with Gasteiger partial charge in [-0.15, -0.1) is 0 Å². The van der Waals surface area contributed by atoms with E-state index in [0.29, 0.717) is 21.4 Å². The maximum Gasteiger partial charge on any atom is 0.417 e. The van der Waals surface area contributed by atoms with Crippen LogP contribution in [0.1, 0.15) is 43.0 Å². The monoisotopic (exact) mass is 475 g/mol. The lowest BCUT2D eigenvalue weighted by Crippen LogP contribution is -2.40. The molecule has 12 heteroatoms. The van der Waals surface area contributed by atoms with Crippen LogP contribution in [0.3, 0.4) is 0 Å². The number of hydrogen-bond donors (Lipinski definition) is 2. The Hall–Kier alpha value is -2.02. The number of nitrogens with zero attached hydrogens (tertiary/aromatic N) is 3. The molecule has 0 bridgehead atoms. The van der Waals surface area contributed by atoms with Crippen molar-refractivity contribution in [2.24, 2.45) is 0 Å². The van der Waals surface area contributed by atoms with E-state index < -0.39 is 43.4 Å². The second-order valence-electron chi connectivity index (χ2n) is 8.21. The highest BCUT2D eigenvalue weighted by atomic mass is 32.2. The molecule has 1 aliphatic carbocycles. The zero-order valence-electron chi connectivity index (χ0n) is 16.8. The van der Waals surface area contributed by atoms with Crippen LogP contribution in [0, 0.1) is 6.92 Å². The molecule has 0 saturated heterocycles. The van der Waals surface area contributed by atoms with Crippen LogP contribution in [0.5, 0.6) is 0 Å². The summed E-state index contributed by atoms with van der Waals surface area (Å²) in [4.78, 5) is 3.97. The molecular formula is C19H20F3N3O4S2. The zero-order valence-corrected chi connectivity index (χ0v) is 18.4. The molecule has 0 aliphatic heterocycles. The molecule has 2 aromatic heterocycles. The van der Waals surface area contributed by atoms with Crippen molar-refractivity contribution < 1.29 is 31.8 Å². The van der Waals surface area contributed by atoms with Gasteiger partial charge in [0.05, 0.1) is 33.2 Å². The summed E-state index contributed by atoms with van der Waals surface area (Å²) < 4.78 is 68.1. The van der Waals surface area contributed by atoms with Crippen LogP contribution >= 0.6 is 11.3 Å². The van der Waals surface area contributed by atoms with E-state index in [9.17, 15) is 31.8 Å². The van der Waals surface area contributed by atoms with E-state index in [2.05, 4.69) is 10.1 Å². The fraction of sp³-hybridized carbons (Fsp3) is 0.474. The first-order valence-corrected chi connectivity index (χ1v) is 11.8. The number of aryl methyl sites for hydroxylation is 1. The van der Waals surface area contributed by atoms with Crippen molar-refractivity contribution in [2.75, 3.05) is 0 Å². The Morgan fingerprint density at radius 1 is 1.23 bits per heavy atom. The molecule has 0 amide bonds. The molecule has 0 radical (unpaired) electrons. The van der Waals surface area contributed by atoms with E-state index in [1.807, 2.05) is 0 Å². The van der Waals surface area contributed by atoms with Crippen molar-refractivity contribution in [3.05, 3.63) is 34.5 Å². The average Bonchev–Trinajstić information content (AvgIpc) is 3.14. The SMILES string of the molecule is Cc1nc2sc(C(C)(C)O)nn2c1-c1ccc(C(F)(F)F)c(S(=O)(=O)[C@H]2C[C@@H](O)C2)c1. The quantitative estimate of drug-likeness (QED) is 0.600. The Morgan fingerprint density at radius 2 is 1.87 bits per heavy atom. The zero-order chi connectivity index (χ0) is 22.9. The maximum absolute atomic E-state index is 13.6. The van der Waals surface area contributed by atoms with Crippen LogP contribution in [0.4, 0.5) is 13.2 Å². The van der Waals surface area contributed by atoms with Gasteiger partial charge in [0, 0.05) is 5.56 Å². The molecule has 2 N–H and O–H groups in total. The summed E-state index contributed by atoms with van der Waals surface area (Å²) in [6.45, 7) is 4.75. The summed E-state index contributed by atoms with van der Waals surface area (Å²) in [6.07, 6.45) is -5.88. The van der Waals surface area contributed by atoms with Crippen molar-refractivity contribution in [3.63, 3.8) is 0 Å². The molecule has 168 valence electrons. The highest BCUT2D eigenvalue weighted by Crippen LogP contribution is 2.41. The molecule has 4 rings (SSSR count). The molecule has 0 unspecified atom stereocenters. The molecule has 7 nitrogen and oxygen atoms in total. The molecule has 0 spiro atoms. The van der Waals surface area contributed by atoms with E-state index >= 15 is 0 Å². The average molecular weight is 476 g/mol. The lowest BCUT2D eigenvalue weighted by molar-refractivity contribution is -0.139. The third-order valence-corrected chi connectivity index (χ3v) is 8.71. The van der Waals surface area contributed by atoms with E-state index in [0.717, 1.165) is 23.5 Å².